The molecular weight excluding hydrogens is 426 g/mol. The molecule has 1 aromatic carbocycles. The summed E-state index contributed by atoms with van der Waals surface area (Å²) < 4.78 is 16.7. The number of carbonyl (C=O) groups excluding carboxylic acids is 2. The zero-order valence-electron chi connectivity index (χ0n) is 19.1. The normalized spacial score (nSPS) is 14.4. The SMILES string of the molecule is CC(C)COc1ccc(C2=C(SCc3ccco3)C(=O)N(CCCOC(C)C)C2=O)cc1. The highest BCUT2D eigenvalue weighted by Crippen LogP contribution is 2.38. The number of thioether (sulfide) groups is 1. The van der Waals surface area contributed by atoms with Gasteiger partial charge < -0.3 is 13.9 Å². The van der Waals surface area contributed by atoms with Crippen LogP contribution in [0.2, 0.25) is 0 Å². The molecule has 1 aliphatic rings. The number of hydrogen-bond acceptors (Lipinski definition) is 6. The Morgan fingerprint density at radius 3 is 2.41 bits per heavy atom. The highest BCUT2D eigenvalue weighted by molar-refractivity contribution is 8.03. The van der Waals surface area contributed by atoms with Crippen LogP contribution in [0.1, 0.15) is 45.4 Å². The van der Waals surface area contributed by atoms with Crippen LogP contribution in [0.4, 0.5) is 0 Å². The Morgan fingerprint density at radius 2 is 1.78 bits per heavy atom. The maximum Gasteiger partial charge on any atom is 0.267 e. The van der Waals surface area contributed by atoms with Gasteiger partial charge in [0, 0.05) is 13.2 Å². The number of nitrogens with zero attached hydrogens (tertiary/aromatic N) is 1. The van der Waals surface area contributed by atoms with E-state index in [9.17, 15) is 9.59 Å². The van der Waals surface area contributed by atoms with Crippen LogP contribution >= 0.6 is 11.8 Å². The van der Waals surface area contributed by atoms with Crippen molar-refractivity contribution in [2.24, 2.45) is 5.92 Å². The third kappa shape index (κ3) is 6.26. The number of carbonyl (C=O) groups is 2. The molecule has 2 heterocycles. The summed E-state index contributed by atoms with van der Waals surface area (Å²) in [5.41, 5.74) is 1.15. The van der Waals surface area contributed by atoms with E-state index >= 15 is 0 Å². The molecule has 0 spiro atoms. The van der Waals surface area contributed by atoms with Crippen molar-refractivity contribution in [3.63, 3.8) is 0 Å². The summed E-state index contributed by atoms with van der Waals surface area (Å²) in [4.78, 5) is 28.2. The molecule has 1 aromatic heterocycles. The lowest BCUT2D eigenvalue weighted by Crippen LogP contribution is -2.33. The molecule has 32 heavy (non-hydrogen) atoms. The van der Waals surface area contributed by atoms with Crippen molar-refractivity contribution in [3.8, 4) is 5.75 Å². The molecule has 0 saturated carbocycles. The minimum Gasteiger partial charge on any atom is -0.493 e. The summed E-state index contributed by atoms with van der Waals surface area (Å²) in [5.74, 6) is 1.87. The standard InChI is InChI=1S/C25H31NO5S/c1-17(2)15-31-20-10-8-19(9-11-20)22-23(32-16-21-7-5-13-30-21)25(28)26(24(22)27)12-6-14-29-18(3)4/h5,7-11,13,17-18H,6,12,14-16H2,1-4H3. The van der Waals surface area contributed by atoms with Crippen molar-refractivity contribution < 1.29 is 23.5 Å². The molecule has 0 aliphatic carbocycles. The van der Waals surface area contributed by atoms with Crippen LogP contribution in [0.5, 0.6) is 5.75 Å². The van der Waals surface area contributed by atoms with Gasteiger partial charge in [-0.25, -0.2) is 0 Å². The van der Waals surface area contributed by atoms with Crippen molar-refractivity contribution in [2.75, 3.05) is 19.8 Å². The Bertz CT molecular complexity index is 932. The smallest absolute Gasteiger partial charge is 0.267 e. The average Bonchev–Trinajstić information content (AvgIpc) is 3.35. The Hall–Kier alpha value is -2.51. The molecule has 0 unspecified atom stereocenters. The van der Waals surface area contributed by atoms with Gasteiger partial charge in [-0.1, -0.05) is 26.0 Å². The van der Waals surface area contributed by atoms with E-state index in [1.54, 1.807) is 6.26 Å². The molecule has 2 amide bonds. The van der Waals surface area contributed by atoms with Gasteiger partial charge in [0.2, 0.25) is 0 Å². The third-order valence-electron chi connectivity index (χ3n) is 4.77. The number of furan rings is 1. The molecule has 172 valence electrons. The van der Waals surface area contributed by atoms with E-state index < -0.39 is 0 Å². The lowest BCUT2D eigenvalue weighted by atomic mass is 10.1. The van der Waals surface area contributed by atoms with Gasteiger partial charge in [-0.05, 0) is 56.0 Å². The Labute approximate surface area is 193 Å². The fourth-order valence-electron chi connectivity index (χ4n) is 3.21. The van der Waals surface area contributed by atoms with Crippen molar-refractivity contribution in [1.82, 2.24) is 4.90 Å². The highest BCUT2D eigenvalue weighted by atomic mass is 32.2. The van der Waals surface area contributed by atoms with E-state index in [1.807, 2.05) is 50.2 Å². The summed E-state index contributed by atoms with van der Waals surface area (Å²) in [6.45, 7) is 9.55. The molecule has 0 atom stereocenters. The largest absolute Gasteiger partial charge is 0.493 e. The van der Waals surface area contributed by atoms with Crippen molar-refractivity contribution in [2.45, 2.75) is 46.0 Å². The molecule has 7 heteroatoms. The zero-order valence-corrected chi connectivity index (χ0v) is 19.9. The first-order valence-electron chi connectivity index (χ1n) is 11.0. The average molecular weight is 458 g/mol. The maximum absolute atomic E-state index is 13.3. The number of rotatable bonds is 12. The van der Waals surface area contributed by atoms with E-state index in [0.29, 0.717) is 53.9 Å². The van der Waals surface area contributed by atoms with Crippen LogP contribution in [0.15, 0.2) is 52.0 Å². The van der Waals surface area contributed by atoms with Gasteiger partial charge in [-0.2, -0.15) is 0 Å². The summed E-state index contributed by atoms with van der Waals surface area (Å²) in [6, 6.07) is 11.0. The predicted molar refractivity (Wildman–Crippen MR) is 126 cm³/mol. The minimum atomic E-state index is -0.266. The first kappa shape index (κ1) is 24.1. The summed E-state index contributed by atoms with van der Waals surface area (Å²) >= 11 is 1.33. The molecule has 1 aliphatic heterocycles. The molecule has 0 fully saturated rings. The van der Waals surface area contributed by atoms with Gasteiger partial charge in [-0.15, -0.1) is 11.8 Å². The number of amides is 2. The third-order valence-corrected chi connectivity index (χ3v) is 5.86. The lowest BCUT2D eigenvalue weighted by molar-refractivity contribution is -0.136. The van der Waals surface area contributed by atoms with Gasteiger partial charge in [0.1, 0.15) is 11.5 Å². The lowest BCUT2D eigenvalue weighted by Gasteiger charge is -2.16. The quantitative estimate of drug-likeness (QED) is 0.325. The fourth-order valence-corrected chi connectivity index (χ4v) is 4.24. The van der Waals surface area contributed by atoms with Crippen molar-refractivity contribution in [3.05, 3.63) is 58.9 Å². The molecule has 3 rings (SSSR count). The number of hydrogen-bond donors (Lipinski definition) is 0. The van der Waals surface area contributed by atoms with Crippen LogP contribution in [0.25, 0.3) is 5.57 Å². The van der Waals surface area contributed by atoms with E-state index in [0.717, 1.165) is 11.5 Å². The molecule has 0 radical (unpaired) electrons. The van der Waals surface area contributed by atoms with E-state index in [4.69, 9.17) is 13.9 Å². The summed E-state index contributed by atoms with van der Waals surface area (Å²) in [6.07, 6.45) is 2.31. The van der Waals surface area contributed by atoms with Crippen LogP contribution in [0.3, 0.4) is 0 Å². The zero-order chi connectivity index (χ0) is 23.1. The molecule has 6 nitrogen and oxygen atoms in total. The monoisotopic (exact) mass is 457 g/mol. The second kappa shape index (κ2) is 11.4. The first-order valence-corrected chi connectivity index (χ1v) is 12.0. The molecule has 0 N–H and O–H groups in total. The number of imide groups is 1. The topological polar surface area (TPSA) is 69.0 Å². The van der Waals surface area contributed by atoms with Gasteiger partial charge in [-0.3, -0.25) is 14.5 Å². The van der Waals surface area contributed by atoms with Crippen molar-refractivity contribution in [1.29, 1.82) is 0 Å². The first-order chi connectivity index (χ1) is 15.4. The summed E-state index contributed by atoms with van der Waals surface area (Å²) in [5, 5.41) is 0. The van der Waals surface area contributed by atoms with E-state index in [2.05, 4.69) is 13.8 Å². The van der Waals surface area contributed by atoms with Crippen LogP contribution in [-0.4, -0.2) is 42.6 Å². The molecular formula is C25H31NO5S. The second-order valence-electron chi connectivity index (χ2n) is 8.34. The Kier molecular flexibility index (Phi) is 8.59. The van der Waals surface area contributed by atoms with Gasteiger partial charge in [0.15, 0.2) is 0 Å². The minimum absolute atomic E-state index is 0.115. The highest BCUT2D eigenvalue weighted by Gasteiger charge is 2.38. The Balaban J connectivity index is 1.79. The molecule has 0 saturated heterocycles. The molecule has 0 bridgehead atoms. The van der Waals surface area contributed by atoms with Crippen LogP contribution in [0, 0.1) is 5.92 Å². The van der Waals surface area contributed by atoms with Crippen LogP contribution in [-0.2, 0) is 20.1 Å². The van der Waals surface area contributed by atoms with Gasteiger partial charge in [0.05, 0.1) is 35.2 Å². The number of ether oxygens (including phenoxy) is 2. The summed E-state index contributed by atoms with van der Waals surface area (Å²) in [7, 11) is 0. The predicted octanol–water partition coefficient (Wildman–Crippen LogP) is 5.14. The second-order valence-corrected chi connectivity index (χ2v) is 9.32. The van der Waals surface area contributed by atoms with Crippen LogP contribution < -0.4 is 4.74 Å². The van der Waals surface area contributed by atoms with E-state index in [-0.39, 0.29) is 17.9 Å². The Morgan fingerprint density at radius 1 is 1.03 bits per heavy atom. The fraction of sp³-hybridized carbons (Fsp3) is 0.440. The van der Waals surface area contributed by atoms with Crippen molar-refractivity contribution >= 4 is 29.1 Å². The van der Waals surface area contributed by atoms with Gasteiger partial charge in [0.25, 0.3) is 11.8 Å². The maximum atomic E-state index is 13.3. The number of benzene rings is 1. The molecule has 2 aromatic rings. The van der Waals surface area contributed by atoms with E-state index in [1.165, 1.54) is 16.7 Å². The van der Waals surface area contributed by atoms with Gasteiger partial charge >= 0.3 is 0 Å².